The summed E-state index contributed by atoms with van der Waals surface area (Å²) in [4.78, 5) is 5.68. The van der Waals surface area contributed by atoms with Crippen LogP contribution in [0.25, 0.3) is 0 Å². The Bertz CT molecular complexity index is 420. The van der Waals surface area contributed by atoms with Gasteiger partial charge >= 0.3 is 0 Å². The first-order valence-electron chi connectivity index (χ1n) is 5.48. The zero-order valence-electron chi connectivity index (χ0n) is 9.56. The molecule has 16 heavy (non-hydrogen) atoms. The quantitative estimate of drug-likeness (QED) is 0.879. The molecule has 1 atom stereocenters. The Morgan fingerprint density at radius 2 is 2.38 bits per heavy atom. The summed E-state index contributed by atoms with van der Waals surface area (Å²) in [6, 6.07) is 2.51. The highest BCUT2D eigenvalue weighted by molar-refractivity contribution is 7.10. The van der Waals surface area contributed by atoms with Gasteiger partial charge in [0.15, 0.2) is 0 Å². The number of thiophene rings is 1. The Morgan fingerprint density at radius 3 is 2.94 bits per heavy atom. The van der Waals surface area contributed by atoms with E-state index in [-0.39, 0.29) is 0 Å². The Balaban J connectivity index is 2.25. The Kier molecular flexibility index (Phi) is 4.09. The predicted molar refractivity (Wildman–Crippen MR) is 71.3 cm³/mol. The van der Waals surface area contributed by atoms with E-state index in [0.717, 1.165) is 18.7 Å². The lowest BCUT2D eigenvalue weighted by atomic mass is 10.1. The van der Waals surface area contributed by atoms with E-state index >= 15 is 0 Å². The number of hydrogen-bond acceptors (Lipinski definition) is 4. The van der Waals surface area contributed by atoms with Gasteiger partial charge in [0.05, 0.1) is 17.2 Å². The topological polar surface area (TPSA) is 24.9 Å². The number of aromatic nitrogens is 1. The summed E-state index contributed by atoms with van der Waals surface area (Å²) < 4.78 is 0. The molecule has 2 aromatic heterocycles. The van der Waals surface area contributed by atoms with Crippen molar-refractivity contribution in [3.05, 3.63) is 38.5 Å². The molecular formula is C12H16N2S2. The molecule has 0 aliphatic carbocycles. The van der Waals surface area contributed by atoms with Crippen LogP contribution >= 0.6 is 22.7 Å². The minimum absolute atomic E-state index is 0.318. The number of nitrogens with zero attached hydrogens (tertiary/aromatic N) is 1. The van der Waals surface area contributed by atoms with Crippen LogP contribution in [0.5, 0.6) is 0 Å². The molecule has 0 spiro atoms. The highest BCUT2D eigenvalue weighted by Crippen LogP contribution is 2.29. The predicted octanol–water partition coefficient (Wildman–Crippen LogP) is 3.60. The van der Waals surface area contributed by atoms with Crippen molar-refractivity contribution in [2.45, 2.75) is 26.3 Å². The van der Waals surface area contributed by atoms with Gasteiger partial charge in [-0.3, -0.25) is 0 Å². The third-order valence-electron chi connectivity index (χ3n) is 2.52. The van der Waals surface area contributed by atoms with E-state index in [9.17, 15) is 0 Å². The summed E-state index contributed by atoms with van der Waals surface area (Å²) in [5.41, 5.74) is 4.42. The third-order valence-corrected chi connectivity index (χ3v) is 4.22. The molecule has 2 heterocycles. The highest BCUT2D eigenvalue weighted by atomic mass is 32.1. The molecule has 86 valence electrons. The SMILES string of the molecule is CCCNC(c1ccsc1)c1scnc1C. The second-order valence-corrected chi connectivity index (χ2v) is 5.41. The Hall–Kier alpha value is -0.710. The Morgan fingerprint density at radius 1 is 1.50 bits per heavy atom. The van der Waals surface area contributed by atoms with Crippen molar-refractivity contribution in [2.24, 2.45) is 0 Å². The third kappa shape index (κ3) is 2.51. The molecule has 4 heteroatoms. The molecular weight excluding hydrogens is 236 g/mol. The number of nitrogens with one attached hydrogen (secondary N) is 1. The molecule has 2 rings (SSSR count). The monoisotopic (exact) mass is 252 g/mol. The molecule has 0 fully saturated rings. The van der Waals surface area contributed by atoms with Crippen molar-refractivity contribution < 1.29 is 0 Å². The minimum atomic E-state index is 0.318. The standard InChI is InChI=1S/C12H16N2S2/c1-3-5-13-11(10-4-6-15-7-10)12-9(2)14-8-16-12/h4,6-8,11,13H,3,5H2,1-2H3. The van der Waals surface area contributed by atoms with Gasteiger partial charge in [0.1, 0.15) is 0 Å². The van der Waals surface area contributed by atoms with Crippen molar-refractivity contribution in [2.75, 3.05) is 6.54 Å². The maximum atomic E-state index is 4.34. The van der Waals surface area contributed by atoms with E-state index in [1.54, 1.807) is 22.7 Å². The van der Waals surface area contributed by atoms with Gasteiger partial charge in [-0.2, -0.15) is 11.3 Å². The zero-order valence-corrected chi connectivity index (χ0v) is 11.2. The average molecular weight is 252 g/mol. The minimum Gasteiger partial charge on any atom is -0.306 e. The first-order valence-corrected chi connectivity index (χ1v) is 7.30. The molecule has 0 radical (unpaired) electrons. The molecule has 0 aliphatic heterocycles. The fraction of sp³-hybridized carbons (Fsp3) is 0.417. The molecule has 0 aliphatic rings. The van der Waals surface area contributed by atoms with Crippen LogP contribution in [0.2, 0.25) is 0 Å². The van der Waals surface area contributed by atoms with Crippen LogP contribution in [0, 0.1) is 6.92 Å². The second-order valence-electron chi connectivity index (χ2n) is 3.75. The van der Waals surface area contributed by atoms with Crippen LogP contribution in [0.3, 0.4) is 0 Å². The van der Waals surface area contributed by atoms with Crippen molar-refractivity contribution >= 4 is 22.7 Å². The lowest BCUT2D eigenvalue weighted by Gasteiger charge is -2.16. The number of hydrogen-bond donors (Lipinski definition) is 1. The number of aryl methyl sites for hydroxylation is 1. The van der Waals surface area contributed by atoms with E-state index in [4.69, 9.17) is 0 Å². The van der Waals surface area contributed by atoms with Crippen LogP contribution in [-0.2, 0) is 0 Å². The van der Waals surface area contributed by atoms with Crippen LogP contribution in [0.1, 0.15) is 35.5 Å². The molecule has 0 saturated heterocycles. The normalized spacial score (nSPS) is 12.9. The maximum absolute atomic E-state index is 4.34. The average Bonchev–Trinajstić information content (AvgIpc) is 2.91. The molecule has 2 nitrogen and oxygen atoms in total. The Labute approximate surface area is 104 Å². The van der Waals surface area contributed by atoms with Gasteiger partial charge in [0, 0.05) is 4.88 Å². The van der Waals surface area contributed by atoms with E-state index in [0.29, 0.717) is 6.04 Å². The van der Waals surface area contributed by atoms with E-state index in [1.165, 1.54) is 10.4 Å². The van der Waals surface area contributed by atoms with Crippen LogP contribution < -0.4 is 5.32 Å². The summed E-state index contributed by atoms with van der Waals surface area (Å²) in [7, 11) is 0. The number of thiazole rings is 1. The van der Waals surface area contributed by atoms with Crippen molar-refractivity contribution in [1.82, 2.24) is 10.3 Å². The summed E-state index contributed by atoms with van der Waals surface area (Å²) in [6.45, 7) is 5.31. The van der Waals surface area contributed by atoms with Gasteiger partial charge in [0.2, 0.25) is 0 Å². The van der Waals surface area contributed by atoms with Gasteiger partial charge < -0.3 is 5.32 Å². The van der Waals surface area contributed by atoms with Crippen LogP contribution in [-0.4, -0.2) is 11.5 Å². The fourth-order valence-corrected chi connectivity index (χ4v) is 3.27. The molecule has 2 aromatic rings. The van der Waals surface area contributed by atoms with Gasteiger partial charge in [-0.05, 0) is 42.3 Å². The zero-order chi connectivity index (χ0) is 11.4. The lowest BCUT2D eigenvalue weighted by Crippen LogP contribution is -2.22. The van der Waals surface area contributed by atoms with E-state index in [1.807, 2.05) is 5.51 Å². The maximum Gasteiger partial charge on any atom is 0.0798 e. The van der Waals surface area contributed by atoms with Crippen molar-refractivity contribution in [1.29, 1.82) is 0 Å². The summed E-state index contributed by atoms with van der Waals surface area (Å²) in [5.74, 6) is 0. The van der Waals surface area contributed by atoms with Gasteiger partial charge in [-0.15, -0.1) is 11.3 Å². The van der Waals surface area contributed by atoms with Crippen LogP contribution in [0.4, 0.5) is 0 Å². The largest absolute Gasteiger partial charge is 0.306 e. The van der Waals surface area contributed by atoms with Crippen LogP contribution in [0.15, 0.2) is 22.3 Å². The second kappa shape index (κ2) is 5.57. The molecule has 0 amide bonds. The first-order chi connectivity index (χ1) is 7.83. The molecule has 0 aromatic carbocycles. The first kappa shape index (κ1) is 11.8. The van der Waals surface area contributed by atoms with Crippen molar-refractivity contribution in [3.8, 4) is 0 Å². The van der Waals surface area contributed by atoms with E-state index < -0.39 is 0 Å². The highest BCUT2D eigenvalue weighted by Gasteiger charge is 2.17. The number of rotatable bonds is 5. The van der Waals surface area contributed by atoms with Gasteiger partial charge in [-0.1, -0.05) is 6.92 Å². The molecule has 0 saturated carbocycles. The smallest absolute Gasteiger partial charge is 0.0798 e. The summed E-state index contributed by atoms with van der Waals surface area (Å²) >= 11 is 3.49. The molecule has 0 bridgehead atoms. The van der Waals surface area contributed by atoms with Gasteiger partial charge in [-0.25, -0.2) is 4.98 Å². The lowest BCUT2D eigenvalue weighted by molar-refractivity contribution is 0.604. The summed E-state index contributed by atoms with van der Waals surface area (Å²) in [5, 5.41) is 7.94. The van der Waals surface area contributed by atoms with Gasteiger partial charge in [0.25, 0.3) is 0 Å². The molecule has 1 unspecified atom stereocenters. The van der Waals surface area contributed by atoms with E-state index in [2.05, 4.69) is 41.0 Å². The van der Waals surface area contributed by atoms with Crippen molar-refractivity contribution in [3.63, 3.8) is 0 Å². The fourth-order valence-electron chi connectivity index (χ4n) is 1.68. The molecule has 1 N–H and O–H groups in total. The summed E-state index contributed by atoms with van der Waals surface area (Å²) in [6.07, 6.45) is 1.15.